The average molecular weight is 179 g/mol. The summed E-state index contributed by atoms with van der Waals surface area (Å²) in [4.78, 5) is 22.0. The van der Waals surface area contributed by atoms with Gasteiger partial charge in [-0.2, -0.15) is 0 Å². The van der Waals surface area contributed by atoms with Gasteiger partial charge in [-0.1, -0.05) is 6.07 Å². The minimum Gasteiger partial charge on any atom is -0.292 e. The van der Waals surface area contributed by atoms with Gasteiger partial charge in [-0.25, -0.2) is 4.39 Å². The molecule has 0 atom stereocenters. The third-order valence-corrected chi connectivity index (χ3v) is 1.95. The second-order valence-corrected chi connectivity index (χ2v) is 2.82. The smallest absolute Gasteiger partial charge is 0.258 e. The zero-order valence-corrected chi connectivity index (χ0v) is 6.63. The number of nitrogens with one attached hydrogen (secondary N) is 1. The summed E-state index contributed by atoms with van der Waals surface area (Å²) < 4.78 is 13.1. The molecule has 1 aromatic carbocycles. The fourth-order valence-corrected chi connectivity index (χ4v) is 1.35. The second-order valence-electron chi connectivity index (χ2n) is 2.82. The topological polar surface area (TPSA) is 46.2 Å². The van der Waals surface area contributed by atoms with Crippen LogP contribution in [0.25, 0.3) is 0 Å². The Hall–Kier alpha value is -1.71. The molecule has 0 spiro atoms. The lowest BCUT2D eigenvalue weighted by Crippen LogP contribution is -2.37. The van der Waals surface area contributed by atoms with Crippen LogP contribution in [0.5, 0.6) is 0 Å². The first-order chi connectivity index (χ1) is 6.18. The highest BCUT2D eigenvalue weighted by Gasteiger charge is 2.24. The standard InChI is InChI=1S/C9H6FNO2/c10-7-3-1-2-5-6(7)4-8(12)11-9(5)13/h1-3H,4H2,(H,11,12,13). The number of halogens is 1. The molecule has 1 aromatic rings. The maximum absolute atomic E-state index is 13.1. The van der Waals surface area contributed by atoms with Gasteiger partial charge in [-0.3, -0.25) is 14.9 Å². The molecule has 0 bridgehead atoms. The van der Waals surface area contributed by atoms with Crippen LogP contribution in [0.1, 0.15) is 15.9 Å². The predicted octanol–water partition coefficient (Wildman–Crippen LogP) is 0.638. The van der Waals surface area contributed by atoms with Crippen LogP contribution in [0, 0.1) is 5.82 Å². The number of benzene rings is 1. The lowest BCUT2D eigenvalue weighted by atomic mass is 9.99. The van der Waals surface area contributed by atoms with E-state index in [4.69, 9.17) is 0 Å². The molecule has 0 saturated heterocycles. The van der Waals surface area contributed by atoms with Gasteiger partial charge >= 0.3 is 0 Å². The molecule has 0 aliphatic carbocycles. The molecule has 0 unspecified atom stereocenters. The minimum absolute atomic E-state index is 0.0618. The lowest BCUT2D eigenvalue weighted by molar-refractivity contribution is -0.119. The molecule has 2 amide bonds. The Morgan fingerprint density at radius 1 is 1.31 bits per heavy atom. The molecule has 1 N–H and O–H groups in total. The number of imide groups is 1. The number of hydrogen-bond acceptors (Lipinski definition) is 2. The van der Waals surface area contributed by atoms with Gasteiger partial charge in [0.15, 0.2) is 0 Å². The highest BCUT2D eigenvalue weighted by molar-refractivity contribution is 6.09. The highest BCUT2D eigenvalue weighted by Crippen LogP contribution is 2.17. The normalized spacial score (nSPS) is 15.2. The minimum atomic E-state index is -0.522. The van der Waals surface area contributed by atoms with E-state index in [9.17, 15) is 14.0 Å². The van der Waals surface area contributed by atoms with Crippen molar-refractivity contribution in [3.63, 3.8) is 0 Å². The summed E-state index contributed by atoms with van der Waals surface area (Å²) in [6, 6.07) is 4.19. The fourth-order valence-electron chi connectivity index (χ4n) is 1.35. The van der Waals surface area contributed by atoms with Crippen LogP contribution >= 0.6 is 0 Å². The van der Waals surface area contributed by atoms with E-state index in [1.165, 1.54) is 18.2 Å². The Labute approximate surface area is 73.6 Å². The first-order valence-corrected chi connectivity index (χ1v) is 3.80. The molecule has 2 rings (SSSR count). The largest absolute Gasteiger partial charge is 0.292 e. The van der Waals surface area contributed by atoms with Crippen molar-refractivity contribution in [3.8, 4) is 0 Å². The first kappa shape index (κ1) is 7.91. The SMILES string of the molecule is O=C1Cc2c(F)cccc2C(=O)N1. The molecule has 3 nitrogen and oxygen atoms in total. The van der Waals surface area contributed by atoms with Gasteiger partial charge in [0, 0.05) is 11.1 Å². The quantitative estimate of drug-likeness (QED) is 0.594. The van der Waals surface area contributed by atoms with Crippen LogP contribution in [0.4, 0.5) is 4.39 Å². The number of amides is 2. The molecule has 66 valence electrons. The van der Waals surface area contributed by atoms with Gasteiger partial charge in [0.05, 0.1) is 6.42 Å². The average Bonchev–Trinajstić information content (AvgIpc) is 2.07. The molecule has 0 radical (unpaired) electrons. The van der Waals surface area contributed by atoms with Gasteiger partial charge in [0.1, 0.15) is 5.82 Å². The second kappa shape index (κ2) is 2.65. The van der Waals surface area contributed by atoms with Crippen LogP contribution in [0.15, 0.2) is 18.2 Å². The summed E-state index contributed by atoms with van der Waals surface area (Å²) in [5.74, 6) is -1.48. The van der Waals surface area contributed by atoms with Gasteiger partial charge in [0.2, 0.25) is 5.91 Å². The third kappa shape index (κ3) is 1.20. The van der Waals surface area contributed by atoms with E-state index in [1.807, 2.05) is 0 Å². The van der Waals surface area contributed by atoms with E-state index in [0.29, 0.717) is 0 Å². The van der Waals surface area contributed by atoms with Gasteiger partial charge < -0.3 is 0 Å². The van der Waals surface area contributed by atoms with Crippen LogP contribution in [0.2, 0.25) is 0 Å². The Kier molecular flexibility index (Phi) is 1.62. The maximum atomic E-state index is 13.1. The van der Waals surface area contributed by atoms with Crippen LogP contribution < -0.4 is 5.32 Å². The molecule has 0 saturated carbocycles. The molecule has 1 aliphatic heterocycles. The van der Waals surface area contributed by atoms with Crippen molar-refractivity contribution < 1.29 is 14.0 Å². The number of fused-ring (bicyclic) bond motifs is 1. The number of carbonyl (C=O) groups excluding carboxylic acids is 2. The molecular formula is C9H6FNO2. The van der Waals surface area contributed by atoms with Gasteiger partial charge in [-0.05, 0) is 12.1 Å². The maximum Gasteiger partial charge on any atom is 0.258 e. The summed E-state index contributed by atoms with van der Waals surface area (Å²) in [6.45, 7) is 0. The van der Waals surface area contributed by atoms with E-state index in [-0.39, 0.29) is 17.5 Å². The summed E-state index contributed by atoms with van der Waals surface area (Å²) >= 11 is 0. The van der Waals surface area contributed by atoms with Crippen molar-refractivity contribution in [1.82, 2.24) is 5.32 Å². The van der Waals surface area contributed by atoms with Crippen LogP contribution in [-0.4, -0.2) is 11.8 Å². The van der Waals surface area contributed by atoms with Crippen molar-refractivity contribution in [1.29, 1.82) is 0 Å². The fraction of sp³-hybridized carbons (Fsp3) is 0.111. The van der Waals surface area contributed by atoms with E-state index < -0.39 is 17.6 Å². The van der Waals surface area contributed by atoms with Crippen LogP contribution in [-0.2, 0) is 11.2 Å². The molecule has 4 heteroatoms. The Bertz CT molecular complexity index is 401. The first-order valence-electron chi connectivity index (χ1n) is 3.80. The van der Waals surface area contributed by atoms with Crippen molar-refractivity contribution in [2.45, 2.75) is 6.42 Å². The van der Waals surface area contributed by atoms with E-state index in [0.717, 1.165) is 0 Å². The van der Waals surface area contributed by atoms with Crippen molar-refractivity contribution in [2.75, 3.05) is 0 Å². The molecule has 1 aliphatic rings. The van der Waals surface area contributed by atoms with Crippen molar-refractivity contribution in [2.24, 2.45) is 0 Å². The van der Waals surface area contributed by atoms with E-state index in [1.54, 1.807) is 0 Å². The molecule has 13 heavy (non-hydrogen) atoms. The lowest BCUT2D eigenvalue weighted by Gasteiger charge is -2.14. The summed E-state index contributed by atoms with van der Waals surface area (Å²) in [7, 11) is 0. The monoisotopic (exact) mass is 179 g/mol. The molecule has 0 fully saturated rings. The van der Waals surface area contributed by atoms with E-state index >= 15 is 0 Å². The predicted molar refractivity (Wildman–Crippen MR) is 42.6 cm³/mol. The summed E-state index contributed by atoms with van der Waals surface area (Å²) in [5.41, 5.74) is 0.441. The highest BCUT2D eigenvalue weighted by atomic mass is 19.1. The summed E-state index contributed by atoms with van der Waals surface area (Å²) in [6.07, 6.45) is -0.0618. The summed E-state index contributed by atoms with van der Waals surface area (Å²) in [5, 5.41) is 2.12. The Morgan fingerprint density at radius 3 is 2.85 bits per heavy atom. The molecular weight excluding hydrogens is 173 g/mol. The zero-order chi connectivity index (χ0) is 9.42. The zero-order valence-electron chi connectivity index (χ0n) is 6.63. The molecule has 1 heterocycles. The number of rotatable bonds is 0. The van der Waals surface area contributed by atoms with Gasteiger partial charge in [-0.15, -0.1) is 0 Å². The van der Waals surface area contributed by atoms with Crippen molar-refractivity contribution >= 4 is 11.8 Å². The van der Waals surface area contributed by atoms with E-state index in [2.05, 4.69) is 5.32 Å². The molecule has 0 aromatic heterocycles. The Morgan fingerprint density at radius 2 is 2.08 bits per heavy atom. The number of carbonyl (C=O) groups is 2. The van der Waals surface area contributed by atoms with Crippen LogP contribution in [0.3, 0.4) is 0 Å². The Balaban J connectivity index is 2.61. The van der Waals surface area contributed by atoms with Gasteiger partial charge in [0.25, 0.3) is 5.91 Å². The number of hydrogen-bond donors (Lipinski definition) is 1. The van der Waals surface area contributed by atoms with Crippen molar-refractivity contribution in [3.05, 3.63) is 35.1 Å². The third-order valence-electron chi connectivity index (χ3n) is 1.95.